The molecule has 1 aromatic carbocycles. The van der Waals surface area contributed by atoms with Gasteiger partial charge in [0.15, 0.2) is 0 Å². The van der Waals surface area contributed by atoms with Gasteiger partial charge in [0.2, 0.25) is 0 Å². The van der Waals surface area contributed by atoms with Crippen molar-refractivity contribution in [1.82, 2.24) is 9.55 Å². The summed E-state index contributed by atoms with van der Waals surface area (Å²) in [5.74, 6) is 1.51. The second kappa shape index (κ2) is 5.29. The molecule has 4 heteroatoms. The van der Waals surface area contributed by atoms with Crippen LogP contribution in [0.2, 0.25) is 5.02 Å². The predicted octanol–water partition coefficient (Wildman–Crippen LogP) is 3.24. The van der Waals surface area contributed by atoms with E-state index >= 15 is 0 Å². The van der Waals surface area contributed by atoms with Crippen molar-refractivity contribution in [3.63, 3.8) is 0 Å². The zero-order valence-corrected chi connectivity index (χ0v) is 11.9. The molecule has 98 valence electrons. The number of halogens is 1. The number of fused-ring (bicyclic) bond motifs is 1. The fourth-order valence-electron chi connectivity index (χ4n) is 2.10. The van der Waals surface area contributed by atoms with Gasteiger partial charge in [0.1, 0.15) is 5.82 Å². The zero-order valence-electron chi connectivity index (χ0n) is 11.2. The summed E-state index contributed by atoms with van der Waals surface area (Å²) in [6.07, 6.45) is 0.803. The number of rotatable bonds is 4. The lowest BCUT2D eigenvalue weighted by Gasteiger charge is -2.15. The Morgan fingerprint density at radius 3 is 2.72 bits per heavy atom. The molecule has 0 aliphatic heterocycles. The third-order valence-electron chi connectivity index (χ3n) is 3.38. The van der Waals surface area contributed by atoms with Gasteiger partial charge in [0, 0.05) is 24.0 Å². The lowest BCUT2D eigenvalue weighted by atomic mass is 10.0. The van der Waals surface area contributed by atoms with Crippen molar-refractivity contribution in [2.24, 2.45) is 11.7 Å². The third kappa shape index (κ3) is 2.52. The number of hydrogen-bond donors (Lipinski definition) is 1. The van der Waals surface area contributed by atoms with Gasteiger partial charge in [-0.3, -0.25) is 0 Å². The second-order valence-corrected chi connectivity index (χ2v) is 5.45. The van der Waals surface area contributed by atoms with E-state index in [-0.39, 0.29) is 6.04 Å². The first-order chi connectivity index (χ1) is 8.52. The summed E-state index contributed by atoms with van der Waals surface area (Å²) < 4.78 is 2.20. The van der Waals surface area contributed by atoms with E-state index in [1.807, 2.05) is 18.2 Å². The SMILES string of the molecule is CCn1c(CC(N)C(C)C)nc2ccc(Cl)cc21. The Morgan fingerprint density at radius 1 is 1.39 bits per heavy atom. The fourth-order valence-corrected chi connectivity index (χ4v) is 2.27. The molecule has 3 nitrogen and oxygen atoms in total. The minimum absolute atomic E-state index is 0.141. The molecular formula is C14H20ClN3. The second-order valence-electron chi connectivity index (χ2n) is 5.02. The van der Waals surface area contributed by atoms with Crippen molar-refractivity contribution in [3.05, 3.63) is 29.0 Å². The maximum atomic E-state index is 6.14. The minimum Gasteiger partial charge on any atom is -0.328 e. The summed E-state index contributed by atoms with van der Waals surface area (Å²) >= 11 is 6.05. The van der Waals surface area contributed by atoms with Gasteiger partial charge >= 0.3 is 0 Å². The van der Waals surface area contributed by atoms with E-state index in [9.17, 15) is 0 Å². The van der Waals surface area contributed by atoms with Gasteiger partial charge in [-0.15, -0.1) is 0 Å². The molecule has 1 aromatic heterocycles. The van der Waals surface area contributed by atoms with E-state index in [4.69, 9.17) is 17.3 Å². The van der Waals surface area contributed by atoms with E-state index in [0.717, 1.165) is 34.8 Å². The first-order valence-corrected chi connectivity index (χ1v) is 6.81. The highest BCUT2D eigenvalue weighted by atomic mass is 35.5. The first-order valence-electron chi connectivity index (χ1n) is 6.43. The van der Waals surface area contributed by atoms with Crippen LogP contribution in [-0.4, -0.2) is 15.6 Å². The quantitative estimate of drug-likeness (QED) is 0.922. The molecule has 1 atom stereocenters. The van der Waals surface area contributed by atoms with Crippen LogP contribution in [0.1, 0.15) is 26.6 Å². The first kappa shape index (κ1) is 13.4. The Bertz CT molecular complexity index is 545. The number of imidazole rings is 1. The monoisotopic (exact) mass is 265 g/mol. The standard InChI is InChI=1S/C14H20ClN3/c1-4-18-13-7-10(15)5-6-12(13)17-14(18)8-11(16)9(2)3/h5-7,9,11H,4,8,16H2,1-3H3. The lowest BCUT2D eigenvalue weighted by Crippen LogP contribution is -2.30. The summed E-state index contributed by atoms with van der Waals surface area (Å²) in [6.45, 7) is 7.28. The molecule has 0 saturated heterocycles. The Morgan fingerprint density at radius 2 is 2.11 bits per heavy atom. The van der Waals surface area contributed by atoms with Crippen molar-refractivity contribution in [3.8, 4) is 0 Å². The molecule has 0 aliphatic rings. The van der Waals surface area contributed by atoms with E-state index in [2.05, 4.69) is 30.3 Å². The van der Waals surface area contributed by atoms with Crippen LogP contribution in [0.5, 0.6) is 0 Å². The molecule has 0 saturated carbocycles. The molecule has 0 aliphatic carbocycles. The van der Waals surface area contributed by atoms with Gasteiger partial charge < -0.3 is 10.3 Å². The average Bonchev–Trinajstić information content (AvgIpc) is 2.65. The van der Waals surface area contributed by atoms with Gasteiger partial charge in [-0.1, -0.05) is 25.4 Å². The lowest BCUT2D eigenvalue weighted by molar-refractivity contribution is 0.474. The van der Waals surface area contributed by atoms with Gasteiger partial charge in [0.05, 0.1) is 11.0 Å². The van der Waals surface area contributed by atoms with Gasteiger partial charge in [-0.2, -0.15) is 0 Å². The molecular weight excluding hydrogens is 246 g/mol. The number of aryl methyl sites for hydroxylation is 1. The minimum atomic E-state index is 0.141. The highest BCUT2D eigenvalue weighted by molar-refractivity contribution is 6.31. The van der Waals surface area contributed by atoms with E-state index in [0.29, 0.717) is 5.92 Å². The molecule has 2 aromatic rings. The number of hydrogen-bond acceptors (Lipinski definition) is 2. The maximum absolute atomic E-state index is 6.14. The van der Waals surface area contributed by atoms with Crippen molar-refractivity contribution in [1.29, 1.82) is 0 Å². The van der Waals surface area contributed by atoms with Crippen LogP contribution in [0.25, 0.3) is 11.0 Å². The van der Waals surface area contributed by atoms with Crippen molar-refractivity contribution in [2.75, 3.05) is 0 Å². The molecule has 0 spiro atoms. The van der Waals surface area contributed by atoms with Crippen LogP contribution >= 0.6 is 11.6 Å². The van der Waals surface area contributed by atoms with E-state index in [1.54, 1.807) is 0 Å². The van der Waals surface area contributed by atoms with Crippen LogP contribution < -0.4 is 5.73 Å². The zero-order chi connectivity index (χ0) is 13.3. The number of nitrogens with two attached hydrogens (primary N) is 1. The molecule has 0 fully saturated rings. The predicted molar refractivity (Wildman–Crippen MR) is 76.9 cm³/mol. The number of aromatic nitrogens is 2. The van der Waals surface area contributed by atoms with Gasteiger partial charge in [-0.05, 0) is 31.0 Å². The third-order valence-corrected chi connectivity index (χ3v) is 3.62. The largest absolute Gasteiger partial charge is 0.328 e. The molecule has 0 amide bonds. The smallest absolute Gasteiger partial charge is 0.111 e. The summed E-state index contributed by atoms with van der Waals surface area (Å²) in [7, 11) is 0. The number of nitrogens with zero attached hydrogens (tertiary/aromatic N) is 2. The Labute approximate surface area is 113 Å². The Kier molecular flexibility index (Phi) is 3.93. The summed E-state index contributed by atoms with van der Waals surface area (Å²) in [5, 5.41) is 0.747. The summed E-state index contributed by atoms with van der Waals surface area (Å²) in [5.41, 5.74) is 8.23. The summed E-state index contributed by atoms with van der Waals surface area (Å²) in [4.78, 5) is 4.67. The normalized spacial score (nSPS) is 13.4. The average molecular weight is 266 g/mol. The van der Waals surface area contributed by atoms with Gasteiger partial charge in [-0.25, -0.2) is 4.98 Å². The highest BCUT2D eigenvalue weighted by Crippen LogP contribution is 2.22. The van der Waals surface area contributed by atoms with E-state index in [1.165, 1.54) is 0 Å². The molecule has 0 radical (unpaired) electrons. The van der Waals surface area contributed by atoms with Crippen molar-refractivity contribution >= 4 is 22.6 Å². The van der Waals surface area contributed by atoms with E-state index < -0.39 is 0 Å². The molecule has 2 rings (SSSR count). The van der Waals surface area contributed by atoms with Crippen LogP contribution in [0.15, 0.2) is 18.2 Å². The highest BCUT2D eigenvalue weighted by Gasteiger charge is 2.15. The Balaban J connectivity index is 2.44. The molecule has 2 N–H and O–H groups in total. The van der Waals surface area contributed by atoms with Crippen molar-refractivity contribution in [2.45, 2.75) is 39.8 Å². The van der Waals surface area contributed by atoms with Crippen molar-refractivity contribution < 1.29 is 0 Å². The molecule has 18 heavy (non-hydrogen) atoms. The van der Waals surface area contributed by atoms with Crippen LogP contribution in [0, 0.1) is 5.92 Å². The topological polar surface area (TPSA) is 43.8 Å². The molecule has 1 unspecified atom stereocenters. The maximum Gasteiger partial charge on any atom is 0.111 e. The molecule has 1 heterocycles. The summed E-state index contributed by atoms with van der Waals surface area (Å²) in [6, 6.07) is 5.96. The van der Waals surface area contributed by atoms with Crippen LogP contribution in [-0.2, 0) is 13.0 Å². The van der Waals surface area contributed by atoms with Crippen LogP contribution in [0.3, 0.4) is 0 Å². The van der Waals surface area contributed by atoms with Crippen LogP contribution in [0.4, 0.5) is 0 Å². The van der Waals surface area contributed by atoms with Gasteiger partial charge in [0.25, 0.3) is 0 Å². The number of benzene rings is 1. The Hall–Kier alpha value is -1.06. The molecule has 0 bridgehead atoms. The fraction of sp³-hybridized carbons (Fsp3) is 0.500.